The van der Waals surface area contributed by atoms with Crippen LogP contribution >= 0.6 is 0 Å². The molecule has 4 heteroatoms. The lowest BCUT2D eigenvalue weighted by molar-refractivity contribution is 0.401. The third-order valence-electron chi connectivity index (χ3n) is 3.24. The quantitative estimate of drug-likeness (QED) is 0.773. The highest BCUT2D eigenvalue weighted by molar-refractivity contribution is 5.88. The number of pyridine rings is 2. The third kappa shape index (κ3) is 2.05. The molecule has 0 saturated carbocycles. The minimum Gasteiger partial charge on any atom is -0.481 e. The Morgan fingerprint density at radius 1 is 1.00 bits per heavy atom. The molecule has 0 fully saturated rings. The van der Waals surface area contributed by atoms with Crippen LogP contribution in [0.4, 0.5) is 5.82 Å². The predicted octanol–water partition coefficient (Wildman–Crippen LogP) is 3.20. The summed E-state index contributed by atoms with van der Waals surface area (Å²) in [6.45, 7) is 1.91. The molecule has 0 aliphatic heterocycles. The topological polar surface area (TPSA) is 61.0 Å². The summed E-state index contributed by atoms with van der Waals surface area (Å²) in [7, 11) is 1.61. The summed E-state index contributed by atoms with van der Waals surface area (Å²) in [5.74, 6) is 1.04. The molecule has 2 heterocycles. The number of anilines is 1. The van der Waals surface area contributed by atoms with Crippen LogP contribution in [0.2, 0.25) is 0 Å². The van der Waals surface area contributed by atoms with E-state index >= 15 is 0 Å². The van der Waals surface area contributed by atoms with Crippen LogP contribution in [-0.4, -0.2) is 17.1 Å². The number of nitrogen functional groups attached to an aromatic ring is 1. The molecule has 1 aromatic carbocycles. The van der Waals surface area contributed by atoms with Crippen molar-refractivity contribution in [3.8, 4) is 17.0 Å². The smallest absolute Gasteiger partial charge is 0.221 e. The minimum atomic E-state index is 0.486. The van der Waals surface area contributed by atoms with Crippen molar-refractivity contribution in [1.29, 1.82) is 0 Å². The second-order valence-corrected chi connectivity index (χ2v) is 4.62. The van der Waals surface area contributed by atoms with Gasteiger partial charge in [-0.05, 0) is 31.2 Å². The summed E-state index contributed by atoms with van der Waals surface area (Å²) in [4.78, 5) is 8.83. The lowest BCUT2D eigenvalue weighted by Gasteiger charge is -2.11. The number of nitrogens with zero attached hydrogens (tertiary/aromatic N) is 2. The van der Waals surface area contributed by atoms with Crippen LogP contribution in [0.5, 0.6) is 5.88 Å². The first-order chi connectivity index (χ1) is 9.69. The second-order valence-electron chi connectivity index (χ2n) is 4.62. The first-order valence-corrected chi connectivity index (χ1v) is 6.36. The van der Waals surface area contributed by atoms with E-state index in [0.717, 1.165) is 27.7 Å². The molecular weight excluding hydrogens is 250 g/mol. The third-order valence-corrected chi connectivity index (χ3v) is 3.24. The molecular formula is C16H15N3O. The van der Waals surface area contributed by atoms with Crippen LogP contribution in [0, 0.1) is 6.92 Å². The van der Waals surface area contributed by atoms with E-state index in [-0.39, 0.29) is 0 Å². The van der Waals surface area contributed by atoms with Crippen LogP contribution in [0.1, 0.15) is 5.69 Å². The number of fused-ring (bicyclic) bond motifs is 1. The lowest BCUT2D eigenvalue weighted by atomic mass is 10.0. The zero-order chi connectivity index (χ0) is 14.1. The summed E-state index contributed by atoms with van der Waals surface area (Å²) in [6.07, 6.45) is 0. The molecule has 20 heavy (non-hydrogen) atoms. The number of para-hydroxylation sites is 1. The van der Waals surface area contributed by atoms with Crippen LogP contribution in [0.25, 0.3) is 22.0 Å². The van der Waals surface area contributed by atoms with Crippen molar-refractivity contribution in [3.05, 3.63) is 48.2 Å². The van der Waals surface area contributed by atoms with Gasteiger partial charge in [-0.25, -0.2) is 9.97 Å². The molecule has 0 saturated heterocycles. The van der Waals surface area contributed by atoms with E-state index < -0.39 is 0 Å². The molecule has 2 aromatic heterocycles. The summed E-state index contributed by atoms with van der Waals surface area (Å²) in [6, 6.07) is 13.8. The largest absolute Gasteiger partial charge is 0.481 e. The summed E-state index contributed by atoms with van der Waals surface area (Å²) in [5, 5.41) is 1.04. The SMILES string of the molecule is COc1nc2ccccc2cc1-c1ccc(C)nc1N. The summed E-state index contributed by atoms with van der Waals surface area (Å²) >= 11 is 0. The Kier molecular flexibility index (Phi) is 2.99. The molecule has 3 aromatic rings. The molecule has 100 valence electrons. The average molecular weight is 265 g/mol. The second kappa shape index (κ2) is 4.81. The summed E-state index contributed by atoms with van der Waals surface area (Å²) < 4.78 is 5.40. The van der Waals surface area contributed by atoms with E-state index in [2.05, 4.69) is 9.97 Å². The van der Waals surface area contributed by atoms with E-state index in [1.165, 1.54) is 0 Å². The van der Waals surface area contributed by atoms with Gasteiger partial charge in [-0.15, -0.1) is 0 Å². The molecule has 3 rings (SSSR count). The molecule has 0 bridgehead atoms. The van der Waals surface area contributed by atoms with Crippen molar-refractivity contribution >= 4 is 16.7 Å². The van der Waals surface area contributed by atoms with Crippen molar-refractivity contribution in [2.24, 2.45) is 0 Å². The fourth-order valence-electron chi connectivity index (χ4n) is 2.25. The van der Waals surface area contributed by atoms with Gasteiger partial charge in [-0.3, -0.25) is 0 Å². The fraction of sp³-hybridized carbons (Fsp3) is 0.125. The molecule has 0 unspecified atom stereocenters. The first kappa shape index (κ1) is 12.4. The Labute approximate surface area is 117 Å². The van der Waals surface area contributed by atoms with Gasteiger partial charge in [0.25, 0.3) is 0 Å². The van der Waals surface area contributed by atoms with Gasteiger partial charge in [-0.2, -0.15) is 0 Å². The maximum Gasteiger partial charge on any atom is 0.221 e. The average Bonchev–Trinajstić information content (AvgIpc) is 2.46. The first-order valence-electron chi connectivity index (χ1n) is 6.36. The van der Waals surface area contributed by atoms with Crippen LogP contribution < -0.4 is 10.5 Å². The molecule has 0 radical (unpaired) electrons. The molecule has 2 N–H and O–H groups in total. The molecule has 0 spiro atoms. The molecule has 0 atom stereocenters. The number of methoxy groups -OCH3 is 1. The number of rotatable bonds is 2. The van der Waals surface area contributed by atoms with Crippen LogP contribution in [0.15, 0.2) is 42.5 Å². The monoisotopic (exact) mass is 265 g/mol. The van der Waals surface area contributed by atoms with Crippen molar-refractivity contribution in [2.45, 2.75) is 6.92 Å². The van der Waals surface area contributed by atoms with E-state index in [1.807, 2.05) is 49.4 Å². The Hall–Kier alpha value is -2.62. The highest BCUT2D eigenvalue weighted by Crippen LogP contribution is 2.34. The van der Waals surface area contributed by atoms with Crippen molar-refractivity contribution < 1.29 is 4.74 Å². The van der Waals surface area contributed by atoms with Gasteiger partial charge in [0.15, 0.2) is 0 Å². The molecule has 4 nitrogen and oxygen atoms in total. The van der Waals surface area contributed by atoms with E-state index in [4.69, 9.17) is 10.5 Å². The lowest BCUT2D eigenvalue weighted by Crippen LogP contribution is -1.99. The standard InChI is InChI=1S/C16H15N3O/c1-10-7-8-12(15(17)18-10)13-9-11-5-3-4-6-14(11)19-16(13)20-2/h3-9H,1-2H3,(H2,17,18). The van der Waals surface area contributed by atoms with Crippen molar-refractivity contribution in [2.75, 3.05) is 12.8 Å². The highest BCUT2D eigenvalue weighted by Gasteiger charge is 2.12. The maximum atomic E-state index is 6.03. The van der Waals surface area contributed by atoms with Gasteiger partial charge < -0.3 is 10.5 Å². The minimum absolute atomic E-state index is 0.486. The maximum absolute atomic E-state index is 6.03. The normalized spacial score (nSPS) is 10.7. The summed E-state index contributed by atoms with van der Waals surface area (Å²) in [5.41, 5.74) is 9.51. The Morgan fingerprint density at radius 2 is 1.80 bits per heavy atom. The number of hydrogen-bond donors (Lipinski definition) is 1. The molecule has 0 aliphatic rings. The van der Waals surface area contributed by atoms with E-state index in [0.29, 0.717) is 11.7 Å². The zero-order valence-electron chi connectivity index (χ0n) is 11.4. The van der Waals surface area contributed by atoms with Crippen molar-refractivity contribution in [3.63, 3.8) is 0 Å². The van der Waals surface area contributed by atoms with Crippen LogP contribution in [-0.2, 0) is 0 Å². The number of nitrogens with two attached hydrogens (primary N) is 1. The van der Waals surface area contributed by atoms with Gasteiger partial charge in [-0.1, -0.05) is 18.2 Å². The fourth-order valence-corrected chi connectivity index (χ4v) is 2.25. The van der Waals surface area contributed by atoms with E-state index in [1.54, 1.807) is 7.11 Å². The van der Waals surface area contributed by atoms with E-state index in [9.17, 15) is 0 Å². The van der Waals surface area contributed by atoms with Gasteiger partial charge in [0, 0.05) is 22.2 Å². The highest BCUT2D eigenvalue weighted by atomic mass is 16.5. The zero-order valence-corrected chi connectivity index (χ0v) is 11.4. The number of benzene rings is 1. The Bertz CT molecular complexity index is 784. The molecule has 0 aliphatic carbocycles. The number of aromatic nitrogens is 2. The Morgan fingerprint density at radius 3 is 2.55 bits per heavy atom. The van der Waals surface area contributed by atoms with Gasteiger partial charge in [0.05, 0.1) is 12.6 Å². The number of hydrogen-bond acceptors (Lipinski definition) is 4. The van der Waals surface area contributed by atoms with Gasteiger partial charge >= 0.3 is 0 Å². The van der Waals surface area contributed by atoms with Gasteiger partial charge in [0.1, 0.15) is 5.82 Å². The Balaban J connectivity index is 2.28. The van der Waals surface area contributed by atoms with Crippen LogP contribution in [0.3, 0.4) is 0 Å². The number of aryl methyl sites for hydroxylation is 1. The predicted molar refractivity (Wildman–Crippen MR) is 80.7 cm³/mol. The van der Waals surface area contributed by atoms with Gasteiger partial charge in [0.2, 0.25) is 5.88 Å². The number of ether oxygens (including phenoxy) is 1. The molecule has 0 amide bonds. The van der Waals surface area contributed by atoms with Crippen molar-refractivity contribution in [1.82, 2.24) is 9.97 Å².